The van der Waals surface area contributed by atoms with Gasteiger partial charge in [-0.05, 0) is 11.4 Å². The minimum atomic E-state index is -0.152. The molecule has 5 heteroatoms. The lowest BCUT2D eigenvalue weighted by molar-refractivity contribution is 0.177. The quantitative estimate of drug-likeness (QED) is 0.859. The Morgan fingerprint density at radius 3 is 3.13 bits per heavy atom. The van der Waals surface area contributed by atoms with E-state index in [9.17, 15) is 4.79 Å². The van der Waals surface area contributed by atoms with Gasteiger partial charge in [0.25, 0.3) is 5.56 Å². The van der Waals surface area contributed by atoms with Crippen LogP contribution in [0.3, 0.4) is 0 Å². The second-order valence-corrected chi connectivity index (χ2v) is 3.94. The Hall–Kier alpha value is -1.46. The topological polar surface area (TPSA) is 55.0 Å². The molecule has 0 radical (unpaired) electrons. The van der Waals surface area contributed by atoms with Gasteiger partial charge < -0.3 is 9.72 Å². The summed E-state index contributed by atoms with van der Waals surface area (Å²) in [4.78, 5) is 19.2. The predicted octanol–water partition coefficient (Wildman–Crippen LogP) is 1.64. The fraction of sp³-hybridized carbons (Fsp3) is 0.200. The highest BCUT2D eigenvalue weighted by Gasteiger charge is 2.04. The molecule has 0 saturated carbocycles. The minimum absolute atomic E-state index is 0.152. The lowest BCUT2D eigenvalue weighted by Crippen LogP contribution is -2.11. The second-order valence-electron chi connectivity index (χ2n) is 2.99. The zero-order valence-electron chi connectivity index (χ0n) is 8.19. The van der Waals surface area contributed by atoms with Crippen LogP contribution in [0.15, 0.2) is 28.4 Å². The van der Waals surface area contributed by atoms with Gasteiger partial charge in [0.2, 0.25) is 0 Å². The first-order valence-electron chi connectivity index (χ1n) is 4.42. The number of nitrogens with zero attached hydrogens (tertiary/aromatic N) is 1. The molecule has 0 fully saturated rings. The van der Waals surface area contributed by atoms with Crippen molar-refractivity contribution in [1.29, 1.82) is 0 Å². The average Bonchev–Trinajstić information content (AvgIpc) is 2.70. The molecule has 0 aliphatic rings. The zero-order chi connectivity index (χ0) is 10.7. The fourth-order valence-electron chi connectivity index (χ4n) is 1.26. The summed E-state index contributed by atoms with van der Waals surface area (Å²) in [6.45, 7) is 0.314. The van der Waals surface area contributed by atoms with Gasteiger partial charge in [-0.25, -0.2) is 4.98 Å². The van der Waals surface area contributed by atoms with E-state index in [1.165, 1.54) is 6.07 Å². The van der Waals surface area contributed by atoms with Gasteiger partial charge >= 0.3 is 0 Å². The van der Waals surface area contributed by atoms with Crippen LogP contribution in [0.2, 0.25) is 0 Å². The molecule has 2 heterocycles. The Morgan fingerprint density at radius 1 is 1.60 bits per heavy atom. The van der Waals surface area contributed by atoms with Crippen molar-refractivity contribution < 1.29 is 4.74 Å². The van der Waals surface area contributed by atoms with E-state index in [4.69, 9.17) is 4.74 Å². The third kappa shape index (κ3) is 2.31. The van der Waals surface area contributed by atoms with Gasteiger partial charge in [-0.3, -0.25) is 4.79 Å². The van der Waals surface area contributed by atoms with E-state index in [-0.39, 0.29) is 5.56 Å². The number of hydrogen-bond acceptors (Lipinski definition) is 4. The number of ether oxygens (including phenoxy) is 1. The number of H-pyrrole nitrogens is 1. The molecule has 0 aliphatic carbocycles. The number of nitrogens with one attached hydrogen (secondary N) is 1. The first-order valence-corrected chi connectivity index (χ1v) is 5.30. The van der Waals surface area contributed by atoms with Crippen LogP contribution in [-0.2, 0) is 11.3 Å². The van der Waals surface area contributed by atoms with Gasteiger partial charge in [0.1, 0.15) is 12.4 Å². The molecule has 78 valence electrons. The van der Waals surface area contributed by atoms with E-state index < -0.39 is 0 Å². The summed E-state index contributed by atoms with van der Waals surface area (Å²) in [5, 5.41) is 1.95. The number of aromatic nitrogens is 2. The molecule has 0 saturated heterocycles. The van der Waals surface area contributed by atoms with Gasteiger partial charge in [-0.15, -0.1) is 11.3 Å². The summed E-state index contributed by atoms with van der Waals surface area (Å²) in [5.41, 5.74) is 0.543. The molecule has 1 N–H and O–H groups in total. The van der Waals surface area contributed by atoms with Crippen LogP contribution in [0.25, 0.3) is 10.6 Å². The van der Waals surface area contributed by atoms with Gasteiger partial charge in [-0.1, -0.05) is 6.07 Å². The van der Waals surface area contributed by atoms with Crippen LogP contribution in [0.1, 0.15) is 5.82 Å². The molecule has 2 rings (SSSR count). The van der Waals surface area contributed by atoms with Crippen molar-refractivity contribution in [2.45, 2.75) is 6.61 Å². The number of thiophene rings is 1. The molecule has 2 aromatic rings. The Bertz CT molecular complexity index is 490. The Balaban J connectivity index is 2.44. The maximum absolute atomic E-state index is 11.3. The molecule has 0 spiro atoms. The number of aromatic amines is 1. The number of rotatable bonds is 3. The molecule has 0 unspecified atom stereocenters. The van der Waals surface area contributed by atoms with E-state index in [1.807, 2.05) is 17.5 Å². The standard InChI is InChI=1S/C10H10N2O2S/c1-14-6-9-11-7(5-10(13)12-9)8-3-2-4-15-8/h2-5H,6H2,1H3,(H,11,12,13). The number of hydrogen-bond donors (Lipinski definition) is 1. The number of methoxy groups -OCH3 is 1. The maximum Gasteiger partial charge on any atom is 0.251 e. The van der Waals surface area contributed by atoms with Crippen molar-refractivity contribution in [3.8, 4) is 10.6 Å². The SMILES string of the molecule is COCc1nc(-c2cccs2)cc(=O)[nH]1. The minimum Gasteiger partial charge on any atom is -0.377 e. The van der Waals surface area contributed by atoms with Gasteiger partial charge in [-0.2, -0.15) is 0 Å². The lowest BCUT2D eigenvalue weighted by Gasteiger charge is -2.01. The smallest absolute Gasteiger partial charge is 0.251 e. The maximum atomic E-state index is 11.3. The molecule has 0 aliphatic heterocycles. The van der Waals surface area contributed by atoms with Gasteiger partial charge in [0, 0.05) is 13.2 Å². The lowest BCUT2D eigenvalue weighted by atomic mass is 10.3. The molecule has 2 aromatic heterocycles. The zero-order valence-corrected chi connectivity index (χ0v) is 9.00. The van der Waals surface area contributed by atoms with E-state index in [2.05, 4.69) is 9.97 Å². The Kier molecular flexibility index (Phi) is 2.94. The van der Waals surface area contributed by atoms with E-state index in [1.54, 1.807) is 18.4 Å². The summed E-state index contributed by atoms with van der Waals surface area (Å²) in [5.74, 6) is 0.549. The normalized spacial score (nSPS) is 10.5. The molecule has 0 atom stereocenters. The highest BCUT2D eigenvalue weighted by Crippen LogP contribution is 2.21. The molecule has 0 amide bonds. The first kappa shape index (κ1) is 10.1. The van der Waals surface area contributed by atoms with Crippen LogP contribution in [0.5, 0.6) is 0 Å². The summed E-state index contributed by atoms with van der Waals surface area (Å²) in [6, 6.07) is 5.35. The third-order valence-electron chi connectivity index (χ3n) is 1.85. The van der Waals surface area contributed by atoms with E-state index in [0.717, 1.165) is 4.88 Å². The Labute approximate surface area is 90.6 Å². The Morgan fingerprint density at radius 2 is 2.47 bits per heavy atom. The highest BCUT2D eigenvalue weighted by atomic mass is 32.1. The van der Waals surface area contributed by atoms with Crippen molar-refractivity contribution in [3.63, 3.8) is 0 Å². The van der Waals surface area contributed by atoms with Crippen molar-refractivity contribution >= 4 is 11.3 Å². The first-order chi connectivity index (χ1) is 7.29. The summed E-state index contributed by atoms with van der Waals surface area (Å²) in [6.07, 6.45) is 0. The van der Waals surface area contributed by atoms with Gasteiger partial charge in [0.15, 0.2) is 0 Å². The van der Waals surface area contributed by atoms with Crippen LogP contribution >= 0.6 is 11.3 Å². The van der Waals surface area contributed by atoms with Crippen LogP contribution in [0.4, 0.5) is 0 Å². The van der Waals surface area contributed by atoms with Crippen molar-refractivity contribution in [2.24, 2.45) is 0 Å². The second kappa shape index (κ2) is 4.37. The van der Waals surface area contributed by atoms with Gasteiger partial charge in [0.05, 0.1) is 10.6 Å². The summed E-state index contributed by atoms with van der Waals surface area (Å²) in [7, 11) is 1.57. The van der Waals surface area contributed by atoms with Crippen molar-refractivity contribution in [2.75, 3.05) is 7.11 Å². The summed E-state index contributed by atoms with van der Waals surface area (Å²) < 4.78 is 4.93. The third-order valence-corrected chi connectivity index (χ3v) is 2.74. The van der Waals surface area contributed by atoms with E-state index >= 15 is 0 Å². The molecule has 0 aromatic carbocycles. The van der Waals surface area contributed by atoms with Crippen LogP contribution in [-0.4, -0.2) is 17.1 Å². The molecule has 15 heavy (non-hydrogen) atoms. The predicted molar refractivity (Wildman–Crippen MR) is 58.9 cm³/mol. The molecule has 4 nitrogen and oxygen atoms in total. The van der Waals surface area contributed by atoms with E-state index in [0.29, 0.717) is 18.1 Å². The van der Waals surface area contributed by atoms with Crippen molar-refractivity contribution in [1.82, 2.24) is 9.97 Å². The monoisotopic (exact) mass is 222 g/mol. The average molecular weight is 222 g/mol. The highest BCUT2D eigenvalue weighted by molar-refractivity contribution is 7.13. The largest absolute Gasteiger partial charge is 0.377 e. The van der Waals surface area contributed by atoms with Crippen molar-refractivity contribution in [3.05, 3.63) is 39.8 Å². The fourth-order valence-corrected chi connectivity index (χ4v) is 1.95. The molecule has 0 bridgehead atoms. The molecular formula is C10H10N2O2S. The summed E-state index contributed by atoms with van der Waals surface area (Å²) >= 11 is 1.56. The molecular weight excluding hydrogens is 212 g/mol. The van der Waals surface area contributed by atoms with Crippen LogP contribution < -0.4 is 5.56 Å². The van der Waals surface area contributed by atoms with Crippen LogP contribution in [0, 0.1) is 0 Å².